The number of nitro groups is 1. The molecule has 0 radical (unpaired) electrons. The maximum absolute atomic E-state index is 12.9. The third-order valence-electron chi connectivity index (χ3n) is 4.20. The molecule has 1 aromatic carbocycles. The molecule has 0 aliphatic rings. The topological polar surface area (TPSA) is 103 Å². The average molecular weight is 405 g/mol. The number of carbonyl (C=O) groups excluding carboxylic acids is 1. The molecular weight excluding hydrogens is 390 g/mol. The molecule has 0 saturated carbocycles. The van der Waals surface area contributed by atoms with Crippen molar-refractivity contribution in [3.8, 4) is 16.3 Å². The van der Waals surface area contributed by atoms with E-state index in [-0.39, 0.29) is 11.6 Å². The van der Waals surface area contributed by atoms with Crippen LogP contribution in [0.25, 0.3) is 16.3 Å². The smallest absolute Gasteiger partial charge is 0.271 e. The molecule has 0 aliphatic carbocycles. The second kappa shape index (κ2) is 8.03. The number of carbonyl (C=O) groups is 1. The van der Waals surface area contributed by atoms with E-state index in [0.717, 1.165) is 10.4 Å². The van der Waals surface area contributed by atoms with Crippen molar-refractivity contribution in [2.75, 3.05) is 0 Å². The van der Waals surface area contributed by atoms with E-state index in [4.69, 9.17) is 0 Å². The standard InChI is InChI=1S/C20H15N5O3S/c26-20(22-13-14-6-8-21-9-7-14)18-12-17(19-5-2-10-29-19)23-24(18)15-3-1-4-16(11-15)25(27)28/h1-12H,13H2,(H,22,26). The van der Waals surface area contributed by atoms with Crippen molar-refractivity contribution in [1.29, 1.82) is 0 Å². The molecule has 144 valence electrons. The Kier molecular flexibility index (Phi) is 5.12. The molecule has 0 aliphatic heterocycles. The van der Waals surface area contributed by atoms with E-state index < -0.39 is 4.92 Å². The molecule has 0 unspecified atom stereocenters. The number of thiophene rings is 1. The Hall–Kier alpha value is -3.85. The molecule has 29 heavy (non-hydrogen) atoms. The van der Waals surface area contributed by atoms with Crippen LogP contribution in [0.5, 0.6) is 0 Å². The van der Waals surface area contributed by atoms with Gasteiger partial charge in [0.05, 0.1) is 15.5 Å². The van der Waals surface area contributed by atoms with Gasteiger partial charge < -0.3 is 5.32 Å². The summed E-state index contributed by atoms with van der Waals surface area (Å²) in [6, 6.07) is 15.2. The molecule has 0 spiro atoms. The van der Waals surface area contributed by atoms with E-state index in [1.807, 2.05) is 29.6 Å². The van der Waals surface area contributed by atoms with Gasteiger partial charge in [-0.1, -0.05) is 12.1 Å². The van der Waals surface area contributed by atoms with Crippen LogP contribution in [-0.4, -0.2) is 25.6 Å². The summed E-state index contributed by atoms with van der Waals surface area (Å²) in [5.74, 6) is -0.330. The summed E-state index contributed by atoms with van der Waals surface area (Å²) in [6.45, 7) is 0.329. The minimum atomic E-state index is -0.476. The van der Waals surface area contributed by atoms with Gasteiger partial charge in [-0.3, -0.25) is 19.9 Å². The van der Waals surface area contributed by atoms with Crippen LogP contribution in [0, 0.1) is 10.1 Å². The van der Waals surface area contributed by atoms with Crippen LogP contribution in [0.2, 0.25) is 0 Å². The number of benzene rings is 1. The molecule has 8 nitrogen and oxygen atoms in total. The predicted molar refractivity (Wildman–Crippen MR) is 109 cm³/mol. The maximum atomic E-state index is 12.9. The molecule has 0 atom stereocenters. The molecule has 1 N–H and O–H groups in total. The Labute approximate surface area is 169 Å². The molecule has 3 aromatic heterocycles. The highest BCUT2D eigenvalue weighted by Gasteiger charge is 2.19. The van der Waals surface area contributed by atoms with Gasteiger partial charge in [0.1, 0.15) is 11.4 Å². The fourth-order valence-corrected chi connectivity index (χ4v) is 3.48. The zero-order chi connectivity index (χ0) is 20.2. The largest absolute Gasteiger partial charge is 0.347 e. The van der Waals surface area contributed by atoms with E-state index in [1.54, 1.807) is 30.6 Å². The highest BCUT2D eigenvalue weighted by molar-refractivity contribution is 7.13. The Morgan fingerprint density at radius 3 is 2.69 bits per heavy atom. The van der Waals surface area contributed by atoms with Crippen molar-refractivity contribution in [3.63, 3.8) is 0 Å². The number of aromatic nitrogens is 3. The first-order valence-corrected chi connectivity index (χ1v) is 9.55. The Morgan fingerprint density at radius 2 is 1.97 bits per heavy atom. The summed E-state index contributed by atoms with van der Waals surface area (Å²) in [6.07, 6.45) is 3.31. The number of nitro benzene ring substituents is 1. The van der Waals surface area contributed by atoms with E-state index in [1.165, 1.54) is 28.2 Å². The Bertz CT molecular complexity index is 1160. The van der Waals surface area contributed by atoms with Gasteiger partial charge in [0.2, 0.25) is 0 Å². The SMILES string of the molecule is O=C(NCc1ccncc1)c1cc(-c2cccs2)nn1-c1cccc([N+](=O)[O-])c1. The number of nitrogens with zero attached hydrogens (tertiary/aromatic N) is 4. The third kappa shape index (κ3) is 4.04. The van der Waals surface area contributed by atoms with Gasteiger partial charge in [0.25, 0.3) is 11.6 Å². The van der Waals surface area contributed by atoms with Crippen LogP contribution in [0.3, 0.4) is 0 Å². The lowest BCUT2D eigenvalue weighted by Crippen LogP contribution is -2.25. The second-order valence-corrected chi connectivity index (χ2v) is 7.07. The zero-order valence-electron chi connectivity index (χ0n) is 15.1. The maximum Gasteiger partial charge on any atom is 0.271 e. The summed E-state index contributed by atoms with van der Waals surface area (Å²) >= 11 is 1.50. The zero-order valence-corrected chi connectivity index (χ0v) is 15.9. The van der Waals surface area contributed by atoms with Gasteiger partial charge >= 0.3 is 0 Å². The number of amides is 1. The molecule has 4 aromatic rings. The monoisotopic (exact) mass is 405 g/mol. The Balaban J connectivity index is 1.70. The molecule has 1 amide bonds. The summed E-state index contributed by atoms with van der Waals surface area (Å²) < 4.78 is 1.43. The summed E-state index contributed by atoms with van der Waals surface area (Å²) in [5.41, 5.74) is 2.20. The summed E-state index contributed by atoms with van der Waals surface area (Å²) in [4.78, 5) is 28.4. The molecule has 3 heterocycles. The first-order valence-electron chi connectivity index (χ1n) is 8.68. The van der Waals surface area contributed by atoms with E-state index in [9.17, 15) is 14.9 Å². The van der Waals surface area contributed by atoms with Crippen molar-refractivity contribution in [1.82, 2.24) is 20.1 Å². The number of non-ortho nitro benzene ring substituents is 1. The normalized spacial score (nSPS) is 10.6. The highest BCUT2D eigenvalue weighted by atomic mass is 32.1. The van der Waals surface area contributed by atoms with Crippen molar-refractivity contribution >= 4 is 22.9 Å². The van der Waals surface area contributed by atoms with Crippen molar-refractivity contribution in [3.05, 3.63) is 93.7 Å². The fraction of sp³-hybridized carbons (Fsp3) is 0.0500. The van der Waals surface area contributed by atoms with Crippen molar-refractivity contribution < 1.29 is 9.72 Å². The number of pyridine rings is 1. The van der Waals surface area contributed by atoms with Gasteiger partial charge in [-0.05, 0) is 41.3 Å². The molecular formula is C20H15N5O3S. The fourth-order valence-electron chi connectivity index (χ4n) is 2.80. The lowest BCUT2D eigenvalue weighted by atomic mass is 10.2. The van der Waals surface area contributed by atoms with Crippen LogP contribution in [0.1, 0.15) is 16.1 Å². The van der Waals surface area contributed by atoms with E-state index in [2.05, 4.69) is 15.4 Å². The average Bonchev–Trinajstić information content (AvgIpc) is 3.43. The lowest BCUT2D eigenvalue weighted by Gasteiger charge is -2.08. The van der Waals surface area contributed by atoms with Crippen LogP contribution in [-0.2, 0) is 6.54 Å². The quantitative estimate of drug-likeness (QED) is 0.388. The van der Waals surface area contributed by atoms with Gasteiger partial charge in [0.15, 0.2) is 0 Å². The lowest BCUT2D eigenvalue weighted by molar-refractivity contribution is -0.384. The molecule has 0 saturated heterocycles. The van der Waals surface area contributed by atoms with Crippen molar-refractivity contribution in [2.45, 2.75) is 6.54 Å². The number of hydrogen-bond acceptors (Lipinski definition) is 6. The van der Waals surface area contributed by atoms with Crippen LogP contribution < -0.4 is 5.32 Å². The number of rotatable bonds is 6. The molecule has 9 heteroatoms. The van der Waals surface area contributed by atoms with Gasteiger partial charge in [-0.2, -0.15) is 5.10 Å². The second-order valence-electron chi connectivity index (χ2n) is 6.12. The van der Waals surface area contributed by atoms with Crippen LogP contribution >= 0.6 is 11.3 Å². The number of hydrogen-bond donors (Lipinski definition) is 1. The molecule has 4 rings (SSSR count). The van der Waals surface area contributed by atoms with E-state index >= 15 is 0 Å². The minimum absolute atomic E-state index is 0.0705. The van der Waals surface area contributed by atoms with Gasteiger partial charge in [0, 0.05) is 31.1 Å². The highest BCUT2D eigenvalue weighted by Crippen LogP contribution is 2.26. The first kappa shape index (κ1) is 18.5. The molecule has 0 bridgehead atoms. The third-order valence-corrected chi connectivity index (χ3v) is 5.10. The predicted octanol–water partition coefficient (Wildman–Crippen LogP) is 3.83. The first-order chi connectivity index (χ1) is 14.1. The Morgan fingerprint density at radius 1 is 1.14 bits per heavy atom. The van der Waals surface area contributed by atoms with Crippen LogP contribution in [0.4, 0.5) is 5.69 Å². The minimum Gasteiger partial charge on any atom is -0.347 e. The van der Waals surface area contributed by atoms with E-state index in [0.29, 0.717) is 23.6 Å². The summed E-state index contributed by atoms with van der Waals surface area (Å²) in [7, 11) is 0. The van der Waals surface area contributed by atoms with Crippen molar-refractivity contribution in [2.24, 2.45) is 0 Å². The summed E-state index contributed by atoms with van der Waals surface area (Å²) in [5, 5.41) is 20.5. The molecule has 0 fully saturated rings. The van der Waals surface area contributed by atoms with Gasteiger partial charge in [-0.25, -0.2) is 4.68 Å². The number of nitrogens with one attached hydrogen (secondary N) is 1. The van der Waals surface area contributed by atoms with Crippen LogP contribution in [0.15, 0.2) is 72.4 Å². The van der Waals surface area contributed by atoms with Gasteiger partial charge in [-0.15, -0.1) is 11.3 Å².